The Morgan fingerprint density at radius 2 is 2.00 bits per heavy atom. The van der Waals surface area contributed by atoms with E-state index < -0.39 is 5.97 Å². The standard InChI is InChI=1S/C15H21NO3/c17-11-15(7-2-1-3-8-15)16-10-12-5-4-6-13(9-12)14(18)19/h4-6,9,16-17H,1-3,7-8,10-11H2,(H,18,19). The summed E-state index contributed by atoms with van der Waals surface area (Å²) in [6.07, 6.45) is 5.49. The summed E-state index contributed by atoms with van der Waals surface area (Å²) in [7, 11) is 0. The van der Waals surface area contributed by atoms with E-state index in [9.17, 15) is 9.90 Å². The van der Waals surface area contributed by atoms with Crippen LogP contribution < -0.4 is 5.32 Å². The van der Waals surface area contributed by atoms with Gasteiger partial charge in [0.2, 0.25) is 0 Å². The van der Waals surface area contributed by atoms with Gasteiger partial charge >= 0.3 is 5.97 Å². The van der Waals surface area contributed by atoms with Crippen LogP contribution in [0.1, 0.15) is 48.0 Å². The van der Waals surface area contributed by atoms with Crippen LogP contribution in [0.3, 0.4) is 0 Å². The molecule has 0 saturated heterocycles. The number of carboxylic acids is 1. The number of nitrogens with one attached hydrogen (secondary N) is 1. The van der Waals surface area contributed by atoms with E-state index in [1.807, 2.05) is 6.07 Å². The fourth-order valence-electron chi connectivity index (χ4n) is 2.72. The summed E-state index contributed by atoms with van der Waals surface area (Å²) in [5, 5.41) is 22.0. The number of hydrogen-bond acceptors (Lipinski definition) is 3. The third-order valence-corrected chi connectivity index (χ3v) is 3.95. The quantitative estimate of drug-likeness (QED) is 0.761. The maximum absolute atomic E-state index is 10.9. The predicted molar refractivity (Wildman–Crippen MR) is 73.1 cm³/mol. The molecule has 2 rings (SSSR count). The first-order chi connectivity index (χ1) is 9.15. The molecule has 4 heteroatoms. The molecule has 0 amide bonds. The molecule has 0 unspecified atom stereocenters. The second-order valence-corrected chi connectivity index (χ2v) is 5.36. The molecule has 1 aromatic carbocycles. The third-order valence-electron chi connectivity index (χ3n) is 3.95. The molecule has 1 saturated carbocycles. The molecule has 0 bridgehead atoms. The average Bonchev–Trinajstić information content (AvgIpc) is 2.46. The van der Waals surface area contributed by atoms with E-state index >= 15 is 0 Å². The maximum atomic E-state index is 10.9. The van der Waals surface area contributed by atoms with E-state index in [0.717, 1.165) is 31.2 Å². The normalized spacial score (nSPS) is 18.2. The summed E-state index contributed by atoms with van der Waals surface area (Å²) in [6.45, 7) is 0.743. The van der Waals surface area contributed by atoms with Crippen LogP contribution in [0, 0.1) is 0 Å². The lowest BCUT2D eigenvalue weighted by Gasteiger charge is -2.36. The van der Waals surface area contributed by atoms with Crippen molar-refractivity contribution in [3.63, 3.8) is 0 Å². The molecule has 4 nitrogen and oxygen atoms in total. The highest BCUT2D eigenvalue weighted by molar-refractivity contribution is 5.87. The van der Waals surface area contributed by atoms with Crippen molar-refractivity contribution in [2.24, 2.45) is 0 Å². The fraction of sp³-hybridized carbons (Fsp3) is 0.533. The molecule has 0 heterocycles. The molecule has 0 spiro atoms. The number of carboxylic acid groups (broad SMARTS) is 1. The molecule has 0 aliphatic heterocycles. The molecule has 0 radical (unpaired) electrons. The van der Waals surface area contributed by atoms with Gasteiger partial charge in [-0.3, -0.25) is 0 Å². The van der Waals surface area contributed by atoms with E-state index in [2.05, 4.69) is 5.32 Å². The van der Waals surface area contributed by atoms with Crippen molar-refractivity contribution in [3.8, 4) is 0 Å². The van der Waals surface area contributed by atoms with Crippen molar-refractivity contribution in [3.05, 3.63) is 35.4 Å². The first-order valence-electron chi connectivity index (χ1n) is 6.83. The van der Waals surface area contributed by atoms with Crippen molar-refractivity contribution in [2.75, 3.05) is 6.61 Å². The highest BCUT2D eigenvalue weighted by atomic mass is 16.4. The maximum Gasteiger partial charge on any atom is 0.335 e. The van der Waals surface area contributed by atoms with Crippen LogP contribution in [-0.2, 0) is 6.54 Å². The molecule has 19 heavy (non-hydrogen) atoms. The van der Waals surface area contributed by atoms with E-state index in [1.54, 1.807) is 18.2 Å². The number of aliphatic hydroxyl groups is 1. The minimum atomic E-state index is -0.906. The van der Waals surface area contributed by atoms with Gasteiger partial charge < -0.3 is 15.5 Å². The summed E-state index contributed by atoms with van der Waals surface area (Å²) >= 11 is 0. The number of hydrogen-bond donors (Lipinski definition) is 3. The Kier molecular flexibility index (Phi) is 4.56. The van der Waals surface area contributed by atoms with Crippen molar-refractivity contribution in [2.45, 2.75) is 44.2 Å². The zero-order chi connectivity index (χ0) is 13.7. The zero-order valence-electron chi connectivity index (χ0n) is 11.1. The van der Waals surface area contributed by atoms with Gasteiger partial charge in [-0.15, -0.1) is 0 Å². The number of carbonyl (C=O) groups is 1. The average molecular weight is 263 g/mol. The lowest BCUT2D eigenvalue weighted by atomic mass is 9.82. The van der Waals surface area contributed by atoms with Gasteiger partial charge in [-0.05, 0) is 30.5 Å². The van der Waals surface area contributed by atoms with Crippen LogP contribution in [0.15, 0.2) is 24.3 Å². The SMILES string of the molecule is O=C(O)c1cccc(CNC2(CO)CCCCC2)c1. The molecule has 1 fully saturated rings. The molecule has 0 aromatic heterocycles. The number of benzene rings is 1. The molecule has 1 aromatic rings. The van der Waals surface area contributed by atoms with Gasteiger partial charge in [0.15, 0.2) is 0 Å². The fourth-order valence-corrected chi connectivity index (χ4v) is 2.72. The minimum Gasteiger partial charge on any atom is -0.478 e. The van der Waals surface area contributed by atoms with Crippen LogP contribution in [0.5, 0.6) is 0 Å². The van der Waals surface area contributed by atoms with Gasteiger partial charge in [0.25, 0.3) is 0 Å². The Morgan fingerprint density at radius 1 is 1.26 bits per heavy atom. The Hall–Kier alpha value is -1.39. The van der Waals surface area contributed by atoms with Gasteiger partial charge in [0, 0.05) is 12.1 Å². The molecular formula is C15H21NO3. The topological polar surface area (TPSA) is 69.6 Å². The summed E-state index contributed by atoms with van der Waals surface area (Å²) < 4.78 is 0. The van der Waals surface area contributed by atoms with E-state index in [1.165, 1.54) is 6.42 Å². The van der Waals surface area contributed by atoms with Gasteiger partial charge in [0.05, 0.1) is 12.2 Å². The lowest BCUT2D eigenvalue weighted by Crippen LogP contribution is -2.49. The van der Waals surface area contributed by atoms with Crippen LogP contribution >= 0.6 is 0 Å². The van der Waals surface area contributed by atoms with Crippen molar-refractivity contribution < 1.29 is 15.0 Å². The first-order valence-corrected chi connectivity index (χ1v) is 6.83. The highest BCUT2D eigenvalue weighted by Crippen LogP contribution is 2.28. The van der Waals surface area contributed by atoms with Crippen LogP contribution in [0.2, 0.25) is 0 Å². The number of aliphatic hydroxyl groups excluding tert-OH is 1. The summed E-state index contributed by atoms with van der Waals surface area (Å²) in [5.74, 6) is -0.906. The Balaban J connectivity index is 2.00. The van der Waals surface area contributed by atoms with E-state index in [-0.39, 0.29) is 12.1 Å². The van der Waals surface area contributed by atoms with Crippen molar-refractivity contribution in [1.82, 2.24) is 5.32 Å². The third kappa shape index (κ3) is 3.55. The van der Waals surface area contributed by atoms with E-state index in [0.29, 0.717) is 12.1 Å². The number of aromatic carboxylic acids is 1. The van der Waals surface area contributed by atoms with Crippen molar-refractivity contribution in [1.29, 1.82) is 0 Å². The molecule has 1 aliphatic carbocycles. The van der Waals surface area contributed by atoms with Crippen LogP contribution in [-0.4, -0.2) is 28.3 Å². The summed E-state index contributed by atoms with van der Waals surface area (Å²) in [5.41, 5.74) is 1.07. The van der Waals surface area contributed by atoms with Gasteiger partial charge in [0.1, 0.15) is 0 Å². The highest BCUT2D eigenvalue weighted by Gasteiger charge is 2.30. The minimum absolute atomic E-state index is 0.144. The molecular weight excluding hydrogens is 242 g/mol. The summed E-state index contributed by atoms with van der Waals surface area (Å²) in [4.78, 5) is 10.9. The molecule has 0 atom stereocenters. The Morgan fingerprint density at radius 3 is 2.63 bits per heavy atom. The van der Waals surface area contributed by atoms with Gasteiger partial charge in [-0.2, -0.15) is 0 Å². The van der Waals surface area contributed by atoms with Crippen LogP contribution in [0.4, 0.5) is 0 Å². The lowest BCUT2D eigenvalue weighted by molar-refractivity contribution is 0.0696. The Bertz CT molecular complexity index is 439. The summed E-state index contributed by atoms with van der Waals surface area (Å²) in [6, 6.07) is 6.94. The van der Waals surface area contributed by atoms with Crippen molar-refractivity contribution >= 4 is 5.97 Å². The zero-order valence-corrected chi connectivity index (χ0v) is 11.1. The number of rotatable bonds is 5. The predicted octanol–water partition coefficient (Wildman–Crippen LogP) is 2.17. The monoisotopic (exact) mass is 263 g/mol. The second kappa shape index (κ2) is 6.17. The molecule has 1 aliphatic rings. The van der Waals surface area contributed by atoms with E-state index in [4.69, 9.17) is 5.11 Å². The Labute approximate surface area is 113 Å². The van der Waals surface area contributed by atoms with Gasteiger partial charge in [-0.25, -0.2) is 4.79 Å². The van der Waals surface area contributed by atoms with Crippen LogP contribution in [0.25, 0.3) is 0 Å². The smallest absolute Gasteiger partial charge is 0.335 e. The first kappa shape index (κ1) is 14.0. The molecule has 104 valence electrons. The van der Waals surface area contributed by atoms with Gasteiger partial charge in [-0.1, -0.05) is 31.4 Å². The second-order valence-electron chi connectivity index (χ2n) is 5.36. The largest absolute Gasteiger partial charge is 0.478 e. The molecule has 3 N–H and O–H groups in total.